The number of rotatable bonds is 4. The summed E-state index contributed by atoms with van der Waals surface area (Å²) in [6.07, 6.45) is -4.74. The summed E-state index contributed by atoms with van der Waals surface area (Å²) in [5, 5.41) is -0.00993. The molecule has 5 nitrogen and oxygen atoms in total. The van der Waals surface area contributed by atoms with Gasteiger partial charge in [0.1, 0.15) is 22.1 Å². The van der Waals surface area contributed by atoms with Crippen LogP contribution in [0, 0.1) is 5.82 Å². The van der Waals surface area contributed by atoms with E-state index in [9.17, 15) is 26.0 Å². The maximum atomic E-state index is 13.5. The molecule has 11 heteroatoms. The molecule has 1 heterocycles. The smallest absolute Gasteiger partial charge is 0.418 e. The standard InChI is InChI=1S/C22H25ClF4N2O3S/c1-14-13-28(19-7-5-15(24)11-17(19)22(25,26)27)9-10-29(14)33(30,31)20-8-6-16(12-18(20)23)32-21(2,3)4/h5-8,11-12,14H,9-10,13H2,1-4H3. The first-order chi connectivity index (χ1) is 15.1. The second kappa shape index (κ2) is 8.96. The van der Waals surface area contributed by atoms with Gasteiger partial charge in [-0.15, -0.1) is 0 Å². The Kier molecular flexibility index (Phi) is 6.94. The molecule has 0 aromatic heterocycles. The zero-order valence-corrected chi connectivity index (χ0v) is 20.2. The van der Waals surface area contributed by atoms with Gasteiger partial charge in [0.25, 0.3) is 0 Å². The number of ether oxygens (including phenoxy) is 1. The summed E-state index contributed by atoms with van der Waals surface area (Å²) in [7, 11) is -4.02. The third-order valence-electron chi connectivity index (χ3n) is 5.09. The van der Waals surface area contributed by atoms with Crippen molar-refractivity contribution in [1.29, 1.82) is 0 Å². The van der Waals surface area contributed by atoms with Crippen LogP contribution in [0.2, 0.25) is 5.02 Å². The molecule has 0 spiro atoms. The molecule has 0 bridgehead atoms. The van der Waals surface area contributed by atoms with Crippen LogP contribution in [-0.2, 0) is 16.2 Å². The number of benzene rings is 2. The molecule has 2 aromatic rings. The molecule has 0 aliphatic carbocycles. The average Bonchev–Trinajstić information content (AvgIpc) is 2.65. The minimum atomic E-state index is -4.74. The average molecular weight is 509 g/mol. The van der Waals surface area contributed by atoms with Gasteiger partial charge in [-0.1, -0.05) is 11.6 Å². The highest BCUT2D eigenvalue weighted by molar-refractivity contribution is 7.89. The first-order valence-electron chi connectivity index (χ1n) is 10.2. The van der Waals surface area contributed by atoms with Crippen LogP contribution >= 0.6 is 11.6 Å². The Hall–Kier alpha value is -2.04. The molecular formula is C22H25ClF4N2O3S. The largest absolute Gasteiger partial charge is 0.488 e. The molecule has 1 saturated heterocycles. The topological polar surface area (TPSA) is 49.9 Å². The van der Waals surface area contributed by atoms with E-state index in [4.69, 9.17) is 16.3 Å². The van der Waals surface area contributed by atoms with E-state index >= 15 is 0 Å². The van der Waals surface area contributed by atoms with Crippen molar-refractivity contribution in [2.75, 3.05) is 24.5 Å². The van der Waals surface area contributed by atoms with Gasteiger partial charge in [-0.3, -0.25) is 0 Å². The van der Waals surface area contributed by atoms with Crippen molar-refractivity contribution in [1.82, 2.24) is 4.31 Å². The Morgan fingerprint density at radius 2 is 1.73 bits per heavy atom. The fourth-order valence-corrected chi connectivity index (χ4v) is 5.89. The van der Waals surface area contributed by atoms with E-state index in [0.717, 1.165) is 12.1 Å². The zero-order chi connectivity index (χ0) is 24.8. The van der Waals surface area contributed by atoms with Gasteiger partial charge in [0.15, 0.2) is 0 Å². The van der Waals surface area contributed by atoms with Gasteiger partial charge in [-0.25, -0.2) is 12.8 Å². The summed E-state index contributed by atoms with van der Waals surface area (Å²) in [5.74, 6) is -0.575. The lowest BCUT2D eigenvalue weighted by atomic mass is 10.1. The quantitative estimate of drug-likeness (QED) is 0.506. The lowest BCUT2D eigenvalue weighted by molar-refractivity contribution is -0.137. The van der Waals surface area contributed by atoms with Crippen molar-refractivity contribution < 1.29 is 30.7 Å². The lowest BCUT2D eigenvalue weighted by Crippen LogP contribution is -2.54. The summed E-state index contributed by atoms with van der Waals surface area (Å²) < 4.78 is 87.2. The Balaban J connectivity index is 1.84. The summed E-state index contributed by atoms with van der Waals surface area (Å²) >= 11 is 6.26. The van der Waals surface area contributed by atoms with Crippen LogP contribution < -0.4 is 9.64 Å². The molecule has 1 aliphatic heterocycles. The zero-order valence-electron chi connectivity index (χ0n) is 18.6. The normalized spacial score (nSPS) is 18.5. The monoisotopic (exact) mass is 508 g/mol. The van der Waals surface area contributed by atoms with Gasteiger partial charge in [0, 0.05) is 37.4 Å². The summed E-state index contributed by atoms with van der Waals surface area (Å²) in [6, 6.07) is 6.12. The molecule has 1 unspecified atom stereocenters. The predicted molar refractivity (Wildman–Crippen MR) is 119 cm³/mol. The van der Waals surface area contributed by atoms with Gasteiger partial charge in [-0.05, 0) is 58.0 Å². The molecule has 2 aromatic carbocycles. The van der Waals surface area contributed by atoms with Gasteiger partial charge in [0.05, 0.1) is 10.6 Å². The molecule has 0 N–H and O–H groups in total. The molecule has 0 amide bonds. The van der Waals surface area contributed by atoms with Crippen molar-refractivity contribution in [3.63, 3.8) is 0 Å². The Bertz CT molecular complexity index is 1130. The van der Waals surface area contributed by atoms with E-state index in [-0.39, 0.29) is 35.2 Å². The van der Waals surface area contributed by atoms with E-state index in [2.05, 4.69) is 0 Å². The lowest BCUT2D eigenvalue weighted by Gasteiger charge is -2.40. The first kappa shape index (κ1) is 25.6. The SMILES string of the molecule is CC1CN(c2ccc(F)cc2C(F)(F)F)CCN1S(=O)(=O)c1ccc(OC(C)(C)C)cc1Cl. The second-order valence-electron chi connectivity index (χ2n) is 8.88. The van der Waals surface area contributed by atoms with Crippen molar-refractivity contribution in [3.05, 3.63) is 52.8 Å². The van der Waals surface area contributed by atoms with Crippen LogP contribution in [0.25, 0.3) is 0 Å². The van der Waals surface area contributed by atoms with Crippen LogP contribution in [0.5, 0.6) is 5.75 Å². The van der Waals surface area contributed by atoms with Gasteiger partial charge < -0.3 is 9.64 Å². The number of anilines is 1. The highest BCUT2D eigenvalue weighted by Gasteiger charge is 2.39. The molecule has 0 radical (unpaired) electrons. The van der Waals surface area contributed by atoms with Gasteiger partial charge in [-0.2, -0.15) is 17.5 Å². The van der Waals surface area contributed by atoms with E-state index in [1.807, 2.05) is 20.8 Å². The van der Waals surface area contributed by atoms with Crippen LogP contribution in [0.3, 0.4) is 0 Å². The minimum Gasteiger partial charge on any atom is -0.488 e. The molecule has 182 valence electrons. The van der Waals surface area contributed by atoms with Crippen LogP contribution in [0.1, 0.15) is 33.3 Å². The molecule has 1 fully saturated rings. The van der Waals surface area contributed by atoms with Crippen molar-refractivity contribution in [2.45, 2.75) is 50.4 Å². The predicted octanol–water partition coefficient (Wildman–Crippen LogP) is 5.57. The minimum absolute atomic E-state index is 0.00111. The van der Waals surface area contributed by atoms with Crippen molar-refractivity contribution >= 4 is 27.3 Å². The molecule has 0 saturated carbocycles. The Morgan fingerprint density at radius 1 is 1.06 bits per heavy atom. The van der Waals surface area contributed by atoms with Crippen LogP contribution in [0.4, 0.5) is 23.2 Å². The molecular weight excluding hydrogens is 484 g/mol. The molecule has 3 rings (SSSR count). The van der Waals surface area contributed by atoms with Gasteiger partial charge >= 0.3 is 6.18 Å². The number of halogens is 5. The van der Waals surface area contributed by atoms with Crippen molar-refractivity contribution in [2.24, 2.45) is 0 Å². The number of sulfonamides is 1. The highest BCUT2D eigenvalue weighted by Crippen LogP contribution is 2.38. The number of alkyl halides is 3. The maximum absolute atomic E-state index is 13.5. The fourth-order valence-electron chi connectivity index (χ4n) is 3.76. The summed E-state index contributed by atoms with van der Waals surface area (Å²) in [6.45, 7) is 7.08. The van der Waals surface area contributed by atoms with E-state index < -0.39 is 39.2 Å². The molecule has 1 atom stereocenters. The Labute approximate surface area is 195 Å². The number of hydrogen-bond donors (Lipinski definition) is 0. The third kappa shape index (κ3) is 5.73. The number of nitrogens with zero attached hydrogens (tertiary/aromatic N) is 2. The first-order valence-corrected chi connectivity index (χ1v) is 12.0. The molecule has 33 heavy (non-hydrogen) atoms. The summed E-state index contributed by atoms with van der Waals surface area (Å²) in [5.41, 5.74) is -1.78. The number of piperazine rings is 1. The maximum Gasteiger partial charge on any atom is 0.418 e. The van der Waals surface area contributed by atoms with Crippen LogP contribution in [-0.4, -0.2) is 44.0 Å². The second-order valence-corrected chi connectivity index (χ2v) is 11.1. The third-order valence-corrected chi connectivity index (χ3v) is 7.58. The fraction of sp³-hybridized carbons (Fsp3) is 0.455. The van der Waals surface area contributed by atoms with E-state index in [1.54, 1.807) is 6.92 Å². The van der Waals surface area contributed by atoms with E-state index in [0.29, 0.717) is 11.8 Å². The van der Waals surface area contributed by atoms with Gasteiger partial charge in [0.2, 0.25) is 10.0 Å². The number of hydrogen-bond acceptors (Lipinski definition) is 4. The van der Waals surface area contributed by atoms with Crippen molar-refractivity contribution in [3.8, 4) is 5.75 Å². The van der Waals surface area contributed by atoms with Crippen LogP contribution in [0.15, 0.2) is 41.3 Å². The molecule has 1 aliphatic rings. The highest BCUT2D eigenvalue weighted by atomic mass is 35.5. The van der Waals surface area contributed by atoms with E-state index in [1.165, 1.54) is 27.4 Å². The Morgan fingerprint density at radius 3 is 2.27 bits per heavy atom. The summed E-state index contributed by atoms with van der Waals surface area (Å²) in [4.78, 5) is 1.31.